The van der Waals surface area contributed by atoms with Crippen LogP contribution in [0.1, 0.15) is 59.8 Å². The summed E-state index contributed by atoms with van der Waals surface area (Å²) >= 11 is 0. The van der Waals surface area contributed by atoms with E-state index in [0.717, 1.165) is 19.4 Å². The molecular formula is C14H27NO2. The van der Waals surface area contributed by atoms with Gasteiger partial charge in [0, 0.05) is 12.5 Å². The van der Waals surface area contributed by atoms with Crippen LogP contribution >= 0.6 is 0 Å². The van der Waals surface area contributed by atoms with Gasteiger partial charge in [-0.3, -0.25) is 4.79 Å². The summed E-state index contributed by atoms with van der Waals surface area (Å²) in [4.78, 5) is 11.2. The first kappa shape index (κ1) is 14.5. The van der Waals surface area contributed by atoms with Crippen molar-refractivity contribution < 1.29 is 9.53 Å². The lowest BCUT2D eigenvalue weighted by molar-refractivity contribution is -0.119. The van der Waals surface area contributed by atoms with E-state index in [4.69, 9.17) is 4.74 Å². The van der Waals surface area contributed by atoms with E-state index in [1.165, 1.54) is 12.8 Å². The van der Waals surface area contributed by atoms with E-state index in [0.29, 0.717) is 18.4 Å². The number of nitrogens with one attached hydrogen (secondary N) is 1. The topological polar surface area (TPSA) is 38.3 Å². The van der Waals surface area contributed by atoms with Gasteiger partial charge in [-0.25, -0.2) is 0 Å². The van der Waals surface area contributed by atoms with E-state index >= 15 is 0 Å². The average molecular weight is 241 g/mol. The SMILES string of the molecule is CCCC(COC(C)(C)C)CC1CCC(=O)N1. The van der Waals surface area contributed by atoms with Gasteiger partial charge in [-0.05, 0) is 46.0 Å². The van der Waals surface area contributed by atoms with E-state index in [1.807, 2.05) is 0 Å². The van der Waals surface area contributed by atoms with E-state index in [2.05, 4.69) is 33.0 Å². The highest BCUT2D eigenvalue weighted by Gasteiger charge is 2.24. The summed E-state index contributed by atoms with van der Waals surface area (Å²) < 4.78 is 5.87. The molecule has 0 aromatic heterocycles. The minimum Gasteiger partial charge on any atom is -0.376 e. The Balaban J connectivity index is 2.34. The minimum absolute atomic E-state index is 0.0646. The second-order valence-electron chi connectivity index (χ2n) is 6.12. The van der Waals surface area contributed by atoms with Crippen LogP contribution in [-0.4, -0.2) is 24.2 Å². The van der Waals surface area contributed by atoms with Gasteiger partial charge in [0.2, 0.25) is 5.91 Å². The number of hydrogen-bond donors (Lipinski definition) is 1. The maximum absolute atomic E-state index is 11.2. The maximum atomic E-state index is 11.2. The minimum atomic E-state index is -0.0646. The molecule has 0 bridgehead atoms. The molecule has 2 atom stereocenters. The Morgan fingerprint density at radius 3 is 2.65 bits per heavy atom. The zero-order valence-corrected chi connectivity index (χ0v) is 11.7. The number of carbonyl (C=O) groups excluding carboxylic acids is 1. The fourth-order valence-corrected chi connectivity index (χ4v) is 2.30. The third-order valence-corrected chi connectivity index (χ3v) is 3.15. The van der Waals surface area contributed by atoms with Gasteiger partial charge in [-0.15, -0.1) is 0 Å². The van der Waals surface area contributed by atoms with Crippen molar-refractivity contribution in [1.29, 1.82) is 0 Å². The van der Waals surface area contributed by atoms with Crippen LogP contribution in [0.3, 0.4) is 0 Å². The molecule has 0 radical (unpaired) electrons. The standard InChI is InChI=1S/C14H27NO2/c1-5-6-11(10-17-14(2,3)4)9-12-7-8-13(16)15-12/h11-12H,5-10H2,1-4H3,(H,15,16). The zero-order chi connectivity index (χ0) is 12.9. The molecule has 1 N–H and O–H groups in total. The fourth-order valence-electron chi connectivity index (χ4n) is 2.30. The van der Waals surface area contributed by atoms with Gasteiger partial charge < -0.3 is 10.1 Å². The molecule has 100 valence electrons. The van der Waals surface area contributed by atoms with E-state index in [9.17, 15) is 4.79 Å². The summed E-state index contributed by atoms with van der Waals surface area (Å²) in [6, 6.07) is 0.377. The van der Waals surface area contributed by atoms with Gasteiger partial charge >= 0.3 is 0 Å². The molecule has 1 amide bonds. The van der Waals surface area contributed by atoms with Crippen molar-refractivity contribution in [2.24, 2.45) is 5.92 Å². The van der Waals surface area contributed by atoms with Crippen molar-refractivity contribution in [3.8, 4) is 0 Å². The number of hydrogen-bond acceptors (Lipinski definition) is 2. The van der Waals surface area contributed by atoms with Gasteiger partial charge in [0.05, 0.1) is 12.2 Å². The highest BCUT2D eigenvalue weighted by atomic mass is 16.5. The third-order valence-electron chi connectivity index (χ3n) is 3.15. The van der Waals surface area contributed by atoms with Gasteiger partial charge in [0.15, 0.2) is 0 Å². The van der Waals surface area contributed by atoms with Crippen LogP contribution in [-0.2, 0) is 9.53 Å². The van der Waals surface area contributed by atoms with Crippen LogP contribution in [0.5, 0.6) is 0 Å². The van der Waals surface area contributed by atoms with Crippen LogP contribution in [0.15, 0.2) is 0 Å². The van der Waals surface area contributed by atoms with E-state index in [1.54, 1.807) is 0 Å². The Bertz CT molecular complexity index is 245. The summed E-state index contributed by atoms with van der Waals surface area (Å²) in [5.41, 5.74) is -0.0646. The second-order valence-corrected chi connectivity index (χ2v) is 6.12. The van der Waals surface area contributed by atoms with Gasteiger partial charge in [0.25, 0.3) is 0 Å². The van der Waals surface area contributed by atoms with Crippen molar-refractivity contribution in [2.75, 3.05) is 6.61 Å². The predicted molar refractivity (Wildman–Crippen MR) is 69.9 cm³/mol. The normalized spacial score (nSPS) is 22.6. The van der Waals surface area contributed by atoms with E-state index < -0.39 is 0 Å². The van der Waals surface area contributed by atoms with Crippen LogP contribution in [0.25, 0.3) is 0 Å². The molecule has 1 heterocycles. The van der Waals surface area contributed by atoms with Crippen LogP contribution in [0.2, 0.25) is 0 Å². The Labute approximate surface area is 105 Å². The van der Waals surface area contributed by atoms with Crippen molar-refractivity contribution in [2.45, 2.75) is 71.4 Å². The molecule has 1 fully saturated rings. The predicted octanol–water partition coefficient (Wildman–Crippen LogP) is 2.89. The van der Waals surface area contributed by atoms with Gasteiger partial charge in [0.1, 0.15) is 0 Å². The Morgan fingerprint density at radius 2 is 2.18 bits per heavy atom. The van der Waals surface area contributed by atoms with Crippen LogP contribution in [0.4, 0.5) is 0 Å². The lowest BCUT2D eigenvalue weighted by Gasteiger charge is -2.26. The molecule has 1 aliphatic rings. The summed E-state index contributed by atoms with van der Waals surface area (Å²) in [6.45, 7) is 9.29. The Kier molecular flexibility index (Phi) is 5.44. The monoisotopic (exact) mass is 241 g/mol. The molecule has 1 saturated heterocycles. The highest BCUT2D eigenvalue weighted by molar-refractivity contribution is 5.78. The molecule has 3 nitrogen and oxygen atoms in total. The number of ether oxygens (including phenoxy) is 1. The number of rotatable bonds is 6. The Morgan fingerprint density at radius 1 is 1.47 bits per heavy atom. The van der Waals surface area contributed by atoms with Gasteiger partial charge in [-0.1, -0.05) is 13.3 Å². The van der Waals surface area contributed by atoms with Crippen molar-refractivity contribution in [1.82, 2.24) is 5.32 Å². The van der Waals surface area contributed by atoms with Crippen LogP contribution in [0, 0.1) is 5.92 Å². The molecule has 1 aliphatic heterocycles. The molecule has 0 aromatic carbocycles. The fraction of sp³-hybridized carbons (Fsp3) is 0.929. The molecule has 1 rings (SSSR count). The first-order valence-electron chi connectivity index (χ1n) is 6.84. The first-order valence-corrected chi connectivity index (χ1v) is 6.84. The quantitative estimate of drug-likeness (QED) is 0.776. The van der Waals surface area contributed by atoms with Crippen LogP contribution < -0.4 is 5.32 Å². The van der Waals surface area contributed by atoms with E-state index in [-0.39, 0.29) is 11.5 Å². The summed E-state index contributed by atoms with van der Waals surface area (Å²) in [5, 5.41) is 3.05. The lowest BCUT2D eigenvalue weighted by Crippen LogP contribution is -2.30. The average Bonchev–Trinajstić information content (AvgIpc) is 2.60. The summed E-state index contributed by atoms with van der Waals surface area (Å²) in [5.74, 6) is 0.782. The number of carbonyl (C=O) groups is 1. The molecule has 17 heavy (non-hydrogen) atoms. The molecule has 3 heteroatoms. The summed E-state index contributed by atoms with van der Waals surface area (Å²) in [6.07, 6.45) is 5.12. The molecule has 0 saturated carbocycles. The van der Waals surface area contributed by atoms with Crippen molar-refractivity contribution >= 4 is 5.91 Å². The molecule has 0 aliphatic carbocycles. The van der Waals surface area contributed by atoms with Crippen molar-refractivity contribution in [3.63, 3.8) is 0 Å². The molecular weight excluding hydrogens is 214 g/mol. The first-order chi connectivity index (χ1) is 7.90. The largest absolute Gasteiger partial charge is 0.376 e. The third kappa shape index (κ3) is 6.06. The second kappa shape index (κ2) is 6.39. The number of amides is 1. The lowest BCUT2D eigenvalue weighted by atomic mass is 9.95. The molecule has 0 aromatic rings. The highest BCUT2D eigenvalue weighted by Crippen LogP contribution is 2.21. The van der Waals surface area contributed by atoms with Gasteiger partial charge in [-0.2, -0.15) is 0 Å². The maximum Gasteiger partial charge on any atom is 0.220 e. The Hall–Kier alpha value is -0.570. The smallest absolute Gasteiger partial charge is 0.220 e. The summed E-state index contributed by atoms with van der Waals surface area (Å²) in [7, 11) is 0. The molecule has 2 unspecified atom stereocenters. The van der Waals surface area contributed by atoms with Crippen molar-refractivity contribution in [3.05, 3.63) is 0 Å². The molecule has 0 spiro atoms. The zero-order valence-electron chi connectivity index (χ0n) is 11.7.